The van der Waals surface area contributed by atoms with Gasteiger partial charge in [0.25, 0.3) is 0 Å². The van der Waals surface area contributed by atoms with E-state index in [1.54, 1.807) is 18.2 Å². The van der Waals surface area contributed by atoms with Crippen LogP contribution in [0.1, 0.15) is 55.3 Å². The minimum atomic E-state index is -0.437. The molecule has 1 aromatic rings. The first-order valence-corrected chi connectivity index (χ1v) is 9.52. The van der Waals surface area contributed by atoms with Gasteiger partial charge in [-0.1, -0.05) is 11.6 Å². The summed E-state index contributed by atoms with van der Waals surface area (Å²) in [6.45, 7) is 0. The zero-order chi connectivity index (χ0) is 17.6. The van der Waals surface area contributed by atoms with Crippen LogP contribution in [0.15, 0.2) is 18.2 Å². The molecule has 5 heteroatoms. The van der Waals surface area contributed by atoms with E-state index in [4.69, 9.17) is 16.3 Å². The Bertz CT molecular complexity index is 680. The lowest BCUT2D eigenvalue weighted by molar-refractivity contribution is -0.124. The highest BCUT2D eigenvalue weighted by molar-refractivity contribution is 6.33. The van der Waals surface area contributed by atoms with Gasteiger partial charge in [-0.3, -0.25) is 4.79 Å². The Morgan fingerprint density at radius 2 is 1.76 bits per heavy atom. The van der Waals surface area contributed by atoms with Gasteiger partial charge in [-0.05, 0) is 79.9 Å². The summed E-state index contributed by atoms with van der Waals surface area (Å²) in [4.78, 5) is 24.4. The molecule has 4 bridgehead atoms. The third-order valence-corrected chi connectivity index (χ3v) is 6.69. The molecule has 0 spiro atoms. The number of benzene rings is 1. The summed E-state index contributed by atoms with van der Waals surface area (Å²) in [6.07, 6.45) is 8.26. The van der Waals surface area contributed by atoms with Gasteiger partial charge in [0.15, 0.2) is 0 Å². The molecule has 0 aromatic heterocycles. The molecule has 4 aliphatic rings. The van der Waals surface area contributed by atoms with Crippen molar-refractivity contribution in [2.24, 2.45) is 23.2 Å². The van der Waals surface area contributed by atoms with E-state index in [9.17, 15) is 9.59 Å². The third kappa shape index (κ3) is 3.29. The zero-order valence-electron chi connectivity index (χ0n) is 14.5. The first kappa shape index (κ1) is 16.9. The summed E-state index contributed by atoms with van der Waals surface area (Å²) in [6, 6.07) is 4.81. The van der Waals surface area contributed by atoms with Crippen LogP contribution in [0.2, 0.25) is 5.02 Å². The number of hydrogen-bond acceptors (Lipinski definition) is 3. The summed E-state index contributed by atoms with van der Waals surface area (Å²) in [5.41, 5.74) is 1.06. The molecule has 0 atom stereocenters. The summed E-state index contributed by atoms with van der Waals surface area (Å²) in [5, 5.41) is 3.36. The monoisotopic (exact) mass is 361 g/mol. The van der Waals surface area contributed by atoms with E-state index in [-0.39, 0.29) is 11.3 Å². The van der Waals surface area contributed by atoms with Gasteiger partial charge < -0.3 is 10.1 Å². The molecular formula is C20H24ClNO3. The number of carbonyl (C=O) groups excluding carboxylic acids is 2. The van der Waals surface area contributed by atoms with E-state index in [0.717, 1.165) is 17.8 Å². The maximum Gasteiger partial charge on any atom is 0.337 e. The molecule has 4 aliphatic carbocycles. The Balaban J connectivity index is 1.47. The van der Waals surface area contributed by atoms with E-state index >= 15 is 0 Å². The predicted octanol–water partition coefficient (Wildman–Crippen LogP) is 4.67. The van der Waals surface area contributed by atoms with Gasteiger partial charge in [0.05, 0.1) is 23.4 Å². The van der Waals surface area contributed by atoms with Crippen LogP contribution in [0.25, 0.3) is 0 Å². The molecule has 4 nitrogen and oxygen atoms in total. The van der Waals surface area contributed by atoms with Crippen molar-refractivity contribution in [1.82, 2.24) is 0 Å². The fourth-order valence-electron chi connectivity index (χ4n) is 5.91. The van der Waals surface area contributed by atoms with Crippen LogP contribution in [0.4, 0.5) is 5.69 Å². The van der Waals surface area contributed by atoms with E-state index < -0.39 is 5.97 Å². The van der Waals surface area contributed by atoms with Crippen molar-refractivity contribution in [3.63, 3.8) is 0 Å². The molecule has 0 aliphatic heterocycles. The van der Waals surface area contributed by atoms with Gasteiger partial charge in [-0.15, -0.1) is 0 Å². The second-order valence-electron chi connectivity index (χ2n) is 8.33. The number of esters is 1. The van der Waals surface area contributed by atoms with Crippen LogP contribution in [0.5, 0.6) is 0 Å². The third-order valence-electron chi connectivity index (χ3n) is 6.36. The van der Waals surface area contributed by atoms with E-state index in [2.05, 4.69) is 5.32 Å². The van der Waals surface area contributed by atoms with Crippen LogP contribution in [0, 0.1) is 23.2 Å². The molecule has 5 rings (SSSR count). The molecule has 1 aromatic carbocycles. The first-order valence-electron chi connectivity index (χ1n) is 9.14. The molecule has 0 saturated heterocycles. The molecule has 1 amide bonds. The molecular weight excluding hydrogens is 338 g/mol. The fourth-order valence-corrected chi connectivity index (χ4v) is 6.07. The highest BCUT2D eigenvalue weighted by Crippen LogP contribution is 2.61. The lowest BCUT2D eigenvalue weighted by Gasteiger charge is -2.56. The highest BCUT2D eigenvalue weighted by Gasteiger charge is 2.51. The Morgan fingerprint density at radius 1 is 1.16 bits per heavy atom. The maximum atomic E-state index is 12.7. The SMILES string of the molecule is COC(=O)c1ccc(Cl)c(NC(=O)CC23CC4CC(CC(C4)C2)C3)c1. The quantitative estimate of drug-likeness (QED) is 0.793. The first-order chi connectivity index (χ1) is 12.0. The van der Waals surface area contributed by atoms with Gasteiger partial charge in [0.1, 0.15) is 0 Å². The Kier molecular flexibility index (Phi) is 4.27. The molecule has 25 heavy (non-hydrogen) atoms. The summed E-state index contributed by atoms with van der Waals surface area (Å²) < 4.78 is 4.73. The van der Waals surface area contributed by atoms with E-state index in [1.165, 1.54) is 45.6 Å². The summed E-state index contributed by atoms with van der Waals surface area (Å²) >= 11 is 6.20. The molecule has 134 valence electrons. The zero-order valence-corrected chi connectivity index (χ0v) is 15.3. The number of anilines is 1. The molecule has 0 unspecified atom stereocenters. The smallest absolute Gasteiger partial charge is 0.337 e. The standard InChI is InChI=1S/C20H24ClNO3/c1-25-19(24)15-2-3-16(21)17(7-15)22-18(23)11-20-8-12-4-13(9-20)6-14(5-12)10-20/h2-3,7,12-14H,4-6,8-11H2,1H3,(H,22,23). The summed E-state index contributed by atoms with van der Waals surface area (Å²) in [5.74, 6) is 2.04. The minimum Gasteiger partial charge on any atom is -0.465 e. The number of ether oxygens (including phenoxy) is 1. The van der Waals surface area contributed by atoms with Gasteiger partial charge in [-0.25, -0.2) is 4.79 Å². The van der Waals surface area contributed by atoms with Crippen molar-refractivity contribution in [1.29, 1.82) is 0 Å². The van der Waals surface area contributed by atoms with Crippen molar-refractivity contribution < 1.29 is 14.3 Å². The highest BCUT2D eigenvalue weighted by atomic mass is 35.5. The van der Waals surface area contributed by atoms with E-state index in [0.29, 0.717) is 22.7 Å². The number of methoxy groups -OCH3 is 1. The van der Waals surface area contributed by atoms with Gasteiger partial charge in [0, 0.05) is 6.42 Å². The molecule has 4 fully saturated rings. The number of hydrogen-bond donors (Lipinski definition) is 1. The Morgan fingerprint density at radius 3 is 2.32 bits per heavy atom. The van der Waals surface area contributed by atoms with Crippen LogP contribution < -0.4 is 5.32 Å². The second-order valence-corrected chi connectivity index (χ2v) is 8.74. The van der Waals surface area contributed by atoms with Gasteiger partial charge in [-0.2, -0.15) is 0 Å². The van der Waals surface area contributed by atoms with Crippen LogP contribution >= 0.6 is 11.6 Å². The predicted molar refractivity (Wildman–Crippen MR) is 96.6 cm³/mol. The molecule has 0 heterocycles. The number of nitrogens with one attached hydrogen (secondary N) is 1. The van der Waals surface area contributed by atoms with Crippen LogP contribution in [0.3, 0.4) is 0 Å². The van der Waals surface area contributed by atoms with Crippen LogP contribution in [-0.2, 0) is 9.53 Å². The normalized spacial score (nSPS) is 32.5. The van der Waals surface area contributed by atoms with E-state index in [1.807, 2.05) is 0 Å². The van der Waals surface area contributed by atoms with Crippen molar-refractivity contribution in [2.75, 3.05) is 12.4 Å². The van der Waals surface area contributed by atoms with Crippen LogP contribution in [-0.4, -0.2) is 19.0 Å². The number of amides is 1. The lowest BCUT2D eigenvalue weighted by atomic mass is 9.49. The summed E-state index contributed by atoms with van der Waals surface area (Å²) in [7, 11) is 1.34. The number of rotatable bonds is 4. The lowest BCUT2D eigenvalue weighted by Crippen LogP contribution is -2.47. The number of carbonyl (C=O) groups is 2. The van der Waals surface area contributed by atoms with Crippen molar-refractivity contribution in [2.45, 2.75) is 44.9 Å². The van der Waals surface area contributed by atoms with Crippen molar-refractivity contribution >= 4 is 29.2 Å². The maximum absolute atomic E-state index is 12.7. The van der Waals surface area contributed by atoms with Crippen molar-refractivity contribution in [3.8, 4) is 0 Å². The van der Waals surface area contributed by atoms with Gasteiger partial charge >= 0.3 is 5.97 Å². The van der Waals surface area contributed by atoms with Crippen molar-refractivity contribution in [3.05, 3.63) is 28.8 Å². The average Bonchev–Trinajstić information content (AvgIpc) is 2.54. The minimum absolute atomic E-state index is 0.00543. The average molecular weight is 362 g/mol. The Hall–Kier alpha value is -1.55. The molecule has 4 saturated carbocycles. The fraction of sp³-hybridized carbons (Fsp3) is 0.600. The second kappa shape index (κ2) is 6.31. The topological polar surface area (TPSA) is 55.4 Å². The molecule has 0 radical (unpaired) electrons. The molecule has 1 N–H and O–H groups in total. The largest absolute Gasteiger partial charge is 0.465 e. The Labute approximate surface area is 153 Å². The van der Waals surface area contributed by atoms with Gasteiger partial charge in [0.2, 0.25) is 5.91 Å². The number of halogens is 1.